The molecule has 2 rings (SSSR count). The molecule has 0 aliphatic heterocycles. The molecule has 2 aromatic rings. The van der Waals surface area contributed by atoms with Crippen molar-refractivity contribution in [1.29, 1.82) is 0 Å². The zero-order valence-electron chi connectivity index (χ0n) is 11.4. The van der Waals surface area contributed by atoms with E-state index >= 15 is 0 Å². The number of carbonyl (C=O) groups excluding carboxylic acids is 1. The van der Waals surface area contributed by atoms with Gasteiger partial charge >= 0.3 is 0 Å². The SMILES string of the molecule is Cc1ccc(S[C@H](C)C(=O)Nc2ccccc2Cl)cc1. The Bertz CT molecular complexity index is 598. The van der Waals surface area contributed by atoms with Crippen molar-refractivity contribution in [2.45, 2.75) is 24.0 Å². The molecule has 0 unspecified atom stereocenters. The first-order chi connectivity index (χ1) is 9.56. The minimum absolute atomic E-state index is 0.0522. The van der Waals surface area contributed by atoms with E-state index in [0.29, 0.717) is 10.7 Å². The monoisotopic (exact) mass is 305 g/mol. The molecule has 4 heteroatoms. The molecule has 0 radical (unpaired) electrons. The van der Waals surface area contributed by atoms with Crippen LogP contribution in [-0.2, 0) is 4.79 Å². The van der Waals surface area contributed by atoms with Gasteiger partial charge in [-0.05, 0) is 38.1 Å². The van der Waals surface area contributed by atoms with Gasteiger partial charge in [0.2, 0.25) is 5.91 Å². The highest BCUT2D eigenvalue weighted by atomic mass is 35.5. The van der Waals surface area contributed by atoms with E-state index in [0.717, 1.165) is 4.90 Å². The highest BCUT2D eigenvalue weighted by Gasteiger charge is 2.15. The lowest BCUT2D eigenvalue weighted by molar-refractivity contribution is -0.115. The summed E-state index contributed by atoms with van der Waals surface area (Å²) in [7, 11) is 0. The van der Waals surface area contributed by atoms with Crippen molar-refractivity contribution in [1.82, 2.24) is 0 Å². The maximum absolute atomic E-state index is 12.1. The van der Waals surface area contributed by atoms with Crippen LogP contribution >= 0.6 is 23.4 Å². The molecular formula is C16H16ClNOS. The van der Waals surface area contributed by atoms with Crippen molar-refractivity contribution in [3.8, 4) is 0 Å². The Kier molecular flexibility index (Phi) is 5.10. The van der Waals surface area contributed by atoms with Crippen molar-refractivity contribution >= 4 is 35.0 Å². The molecule has 2 nitrogen and oxygen atoms in total. The number of amides is 1. The second-order valence-electron chi connectivity index (χ2n) is 4.54. The number of nitrogens with one attached hydrogen (secondary N) is 1. The molecular weight excluding hydrogens is 290 g/mol. The Hall–Kier alpha value is -1.45. The summed E-state index contributed by atoms with van der Waals surface area (Å²) in [4.78, 5) is 13.2. The normalized spacial score (nSPS) is 11.9. The van der Waals surface area contributed by atoms with E-state index in [1.54, 1.807) is 12.1 Å². The predicted molar refractivity (Wildman–Crippen MR) is 86.6 cm³/mol. The molecule has 1 atom stereocenters. The number of aryl methyl sites for hydroxylation is 1. The summed E-state index contributed by atoms with van der Waals surface area (Å²) in [6, 6.07) is 15.4. The van der Waals surface area contributed by atoms with E-state index in [2.05, 4.69) is 5.32 Å². The molecule has 2 aromatic carbocycles. The second-order valence-corrected chi connectivity index (χ2v) is 6.36. The first-order valence-corrected chi connectivity index (χ1v) is 7.61. The van der Waals surface area contributed by atoms with Gasteiger partial charge in [0.05, 0.1) is 16.0 Å². The lowest BCUT2D eigenvalue weighted by Crippen LogP contribution is -2.22. The molecule has 0 heterocycles. The summed E-state index contributed by atoms with van der Waals surface area (Å²) < 4.78 is 0. The average Bonchev–Trinajstić information content (AvgIpc) is 2.44. The van der Waals surface area contributed by atoms with E-state index in [4.69, 9.17) is 11.6 Å². The molecule has 104 valence electrons. The fourth-order valence-corrected chi connectivity index (χ4v) is 2.72. The minimum Gasteiger partial charge on any atom is -0.324 e. The standard InChI is InChI=1S/C16H16ClNOS/c1-11-7-9-13(10-8-11)20-12(2)16(19)18-15-6-4-3-5-14(15)17/h3-10,12H,1-2H3,(H,18,19)/t12-/m1/s1. The Morgan fingerprint density at radius 1 is 1.15 bits per heavy atom. The van der Waals surface area contributed by atoms with Gasteiger partial charge in [-0.25, -0.2) is 0 Å². The van der Waals surface area contributed by atoms with Crippen molar-refractivity contribution in [2.24, 2.45) is 0 Å². The van der Waals surface area contributed by atoms with Gasteiger partial charge in [-0.15, -0.1) is 11.8 Å². The Morgan fingerprint density at radius 2 is 1.80 bits per heavy atom. The van der Waals surface area contributed by atoms with Crippen LogP contribution in [0.15, 0.2) is 53.4 Å². The highest BCUT2D eigenvalue weighted by molar-refractivity contribution is 8.00. The van der Waals surface area contributed by atoms with Crippen LogP contribution in [0.4, 0.5) is 5.69 Å². The van der Waals surface area contributed by atoms with E-state index in [-0.39, 0.29) is 11.2 Å². The van der Waals surface area contributed by atoms with Crippen LogP contribution in [0.3, 0.4) is 0 Å². The van der Waals surface area contributed by atoms with Gasteiger partial charge in [0.25, 0.3) is 0 Å². The zero-order chi connectivity index (χ0) is 14.5. The van der Waals surface area contributed by atoms with Crippen molar-refractivity contribution in [3.05, 3.63) is 59.1 Å². The predicted octanol–water partition coefficient (Wildman–Crippen LogP) is 4.77. The van der Waals surface area contributed by atoms with Crippen LogP contribution in [0, 0.1) is 6.92 Å². The number of rotatable bonds is 4. The molecule has 0 fully saturated rings. The quantitative estimate of drug-likeness (QED) is 0.825. The molecule has 0 aromatic heterocycles. The van der Waals surface area contributed by atoms with Crippen LogP contribution < -0.4 is 5.32 Å². The summed E-state index contributed by atoms with van der Waals surface area (Å²) >= 11 is 7.56. The number of carbonyl (C=O) groups is 1. The van der Waals surface area contributed by atoms with Crippen molar-refractivity contribution in [3.63, 3.8) is 0 Å². The molecule has 1 N–H and O–H groups in total. The summed E-state index contributed by atoms with van der Waals surface area (Å²) in [5.74, 6) is -0.0522. The number of anilines is 1. The first-order valence-electron chi connectivity index (χ1n) is 6.35. The van der Waals surface area contributed by atoms with Crippen LogP contribution in [0.2, 0.25) is 5.02 Å². The Morgan fingerprint density at radius 3 is 2.45 bits per heavy atom. The topological polar surface area (TPSA) is 29.1 Å². The number of thioether (sulfide) groups is 1. The van der Waals surface area contributed by atoms with E-state index in [9.17, 15) is 4.79 Å². The molecule has 0 spiro atoms. The van der Waals surface area contributed by atoms with Crippen molar-refractivity contribution < 1.29 is 4.79 Å². The Labute approximate surface area is 128 Å². The van der Waals surface area contributed by atoms with Gasteiger partial charge < -0.3 is 5.32 Å². The summed E-state index contributed by atoms with van der Waals surface area (Å²) in [6.45, 7) is 3.93. The van der Waals surface area contributed by atoms with Gasteiger partial charge in [-0.1, -0.05) is 41.4 Å². The molecule has 0 saturated carbocycles. The van der Waals surface area contributed by atoms with Gasteiger partial charge in [0, 0.05) is 4.90 Å². The largest absolute Gasteiger partial charge is 0.324 e. The number of benzene rings is 2. The molecule has 1 amide bonds. The lowest BCUT2D eigenvalue weighted by Gasteiger charge is -2.13. The van der Waals surface area contributed by atoms with Crippen molar-refractivity contribution in [2.75, 3.05) is 5.32 Å². The second kappa shape index (κ2) is 6.82. The zero-order valence-corrected chi connectivity index (χ0v) is 13.0. The molecule has 20 heavy (non-hydrogen) atoms. The lowest BCUT2D eigenvalue weighted by atomic mass is 10.2. The Balaban J connectivity index is 1.99. The van der Waals surface area contributed by atoms with Gasteiger partial charge in [0.1, 0.15) is 0 Å². The smallest absolute Gasteiger partial charge is 0.237 e. The first kappa shape index (κ1) is 14.9. The number of hydrogen-bond acceptors (Lipinski definition) is 2. The van der Waals surface area contributed by atoms with Crippen LogP contribution in [0.25, 0.3) is 0 Å². The molecule has 0 aliphatic rings. The average molecular weight is 306 g/mol. The number of hydrogen-bond donors (Lipinski definition) is 1. The third-order valence-electron chi connectivity index (χ3n) is 2.83. The molecule has 0 saturated heterocycles. The summed E-state index contributed by atoms with van der Waals surface area (Å²) in [5, 5.41) is 3.21. The summed E-state index contributed by atoms with van der Waals surface area (Å²) in [5.41, 5.74) is 1.86. The van der Waals surface area contributed by atoms with Crippen LogP contribution in [0.1, 0.15) is 12.5 Å². The number of para-hydroxylation sites is 1. The molecule has 0 aliphatic carbocycles. The fraction of sp³-hybridized carbons (Fsp3) is 0.188. The molecule has 0 bridgehead atoms. The van der Waals surface area contributed by atoms with Crippen LogP contribution in [0.5, 0.6) is 0 Å². The number of halogens is 1. The van der Waals surface area contributed by atoms with Crippen LogP contribution in [-0.4, -0.2) is 11.2 Å². The maximum Gasteiger partial charge on any atom is 0.237 e. The highest BCUT2D eigenvalue weighted by Crippen LogP contribution is 2.26. The third-order valence-corrected chi connectivity index (χ3v) is 4.28. The van der Waals surface area contributed by atoms with E-state index in [1.807, 2.05) is 50.2 Å². The van der Waals surface area contributed by atoms with E-state index < -0.39 is 0 Å². The van der Waals surface area contributed by atoms with Gasteiger partial charge in [-0.3, -0.25) is 4.79 Å². The summed E-state index contributed by atoms with van der Waals surface area (Å²) in [6.07, 6.45) is 0. The minimum atomic E-state index is -0.186. The fourth-order valence-electron chi connectivity index (χ4n) is 1.67. The van der Waals surface area contributed by atoms with Gasteiger partial charge in [-0.2, -0.15) is 0 Å². The third kappa shape index (κ3) is 4.02. The van der Waals surface area contributed by atoms with Gasteiger partial charge in [0.15, 0.2) is 0 Å². The van der Waals surface area contributed by atoms with E-state index in [1.165, 1.54) is 17.3 Å². The maximum atomic E-state index is 12.1.